The number of amides is 1. The van der Waals surface area contributed by atoms with Gasteiger partial charge in [0.15, 0.2) is 0 Å². The molecule has 0 spiro atoms. The quantitative estimate of drug-likeness (QED) is 0.807. The minimum atomic E-state index is -0.296. The lowest BCUT2D eigenvalue weighted by atomic mass is 9.88. The summed E-state index contributed by atoms with van der Waals surface area (Å²) in [4.78, 5) is 18.1. The average Bonchev–Trinajstić information content (AvgIpc) is 2.53. The molecular weight excluding hydrogens is 264 g/mol. The van der Waals surface area contributed by atoms with Crippen molar-refractivity contribution in [2.24, 2.45) is 0 Å². The molecule has 0 saturated heterocycles. The van der Waals surface area contributed by atoms with E-state index in [1.165, 1.54) is 18.2 Å². The van der Waals surface area contributed by atoms with Crippen LogP contribution in [0.25, 0.3) is 0 Å². The summed E-state index contributed by atoms with van der Waals surface area (Å²) in [5.41, 5.74) is 4.70. The van der Waals surface area contributed by atoms with Gasteiger partial charge in [0.2, 0.25) is 0 Å². The van der Waals surface area contributed by atoms with Crippen molar-refractivity contribution < 1.29 is 9.53 Å². The lowest BCUT2D eigenvalue weighted by molar-refractivity contribution is 0.109. The van der Waals surface area contributed by atoms with Crippen molar-refractivity contribution in [3.63, 3.8) is 0 Å². The Bertz CT molecular complexity index is 655. The molecule has 0 N–H and O–H groups in total. The Morgan fingerprint density at radius 2 is 2.24 bits per heavy atom. The predicted octanol–water partition coefficient (Wildman–Crippen LogP) is 3.10. The molecule has 1 atom stereocenters. The Balaban J connectivity index is 2.11. The molecule has 1 unspecified atom stereocenters. The van der Waals surface area contributed by atoms with Crippen LogP contribution in [0.4, 0.5) is 4.79 Å². The van der Waals surface area contributed by atoms with Crippen LogP contribution in [0.1, 0.15) is 28.3 Å². The predicted molar refractivity (Wildman–Crippen MR) is 80.1 cm³/mol. The molecule has 0 bridgehead atoms. The number of benzene rings is 1. The molecule has 4 nitrogen and oxygen atoms in total. The summed E-state index contributed by atoms with van der Waals surface area (Å²) >= 11 is 0. The van der Waals surface area contributed by atoms with E-state index in [4.69, 9.17) is 4.74 Å². The molecule has 0 radical (unpaired) electrons. The highest BCUT2D eigenvalue weighted by atomic mass is 16.5. The number of methoxy groups -OCH3 is 1. The Hall–Kier alpha value is -2.36. The molecule has 1 aromatic carbocycles. The number of carbonyl (C=O) groups is 1. The molecule has 2 aromatic rings. The number of nitrogens with zero attached hydrogens (tertiary/aromatic N) is 2. The van der Waals surface area contributed by atoms with Crippen molar-refractivity contribution >= 4 is 6.09 Å². The Labute approximate surface area is 124 Å². The van der Waals surface area contributed by atoms with Crippen molar-refractivity contribution in [3.8, 4) is 0 Å². The van der Waals surface area contributed by atoms with Crippen molar-refractivity contribution in [3.05, 3.63) is 65.0 Å². The normalized spacial score (nSPS) is 17.2. The summed E-state index contributed by atoms with van der Waals surface area (Å²) in [6.07, 6.45) is 4.11. The van der Waals surface area contributed by atoms with Crippen LogP contribution in [-0.2, 0) is 11.2 Å². The maximum atomic E-state index is 12.1. The third-order valence-corrected chi connectivity index (χ3v) is 3.94. The average molecular weight is 282 g/mol. The molecule has 1 aromatic heterocycles. The molecule has 108 valence electrons. The largest absolute Gasteiger partial charge is 0.453 e. The SMILES string of the molecule is COC(=O)N1CCc2cc(C)ccc2C1c1cccnc1. The second kappa shape index (κ2) is 5.56. The monoisotopic (exact) mass is 282 g/mol. The van der Waals surface area contributed by atoms with Crippen LogP contribution in [0, 0.1) is 6.92 Å². The second-order valence-electron chi connectivity index (χ2n) is 5.30. The zero-order valence-corrected chi connectivity index (χ0v) is 12.2. The van der Waals surface area contributed by atoms with E-state index >= 15 is 0 Å². The topological polar surface area (TPSA) is 42.4 Å². The van der Waals surface area contributed by atoms with E-state index in [1.807, 2.05) is 18.3 Å². The van der Waals surface area contributed by atoms with Gasteiger partial charge in [-0.25, -0.2) is 4.79 Å². The third-order valence-electron chi connectivity index (χ3n) is 3.94. The molecule has 21 heavy (non-hydrogen) atoms. The van der Waals surface area contributed by atoms with Crippen LogP contribution in [-0.4, -0.2) is 29.6 Å². The van der Waals surface area contributed by atoms with Crippen LogP contribution in [0.15, 0.2) is 42.7 Å². The van der Waals surface area contributed by atoms with E-state index in [-0.39, 0.29) is 12.1 Å². The van der Waals surface area contributed by atoms with Crippen LogP contribution in [0.3, 0.4) is 0 Å². The van der Waals surface area contributed by atoms with E-state index in [0.717, 1.165) is 17.5 Å². The molecule has 3 rings (SSSR count). The van der Waals surface area contributed by atoms with Gasteiger partial charge in [-0.15, -0.1) is 0 Å². The lowest BCUT2D eigenvalue weighted by Gasteiger charge is -2.36. The fraction of sp³-hybridized carbons (Fsp3) is 0.294. The molecule has 0 saturated carbocycles. The number of carbonyl (C=O) groups excluding carboxylic acids is 1. The lowest BCUT2D eigenvalue weighted by Crippen LogP contribution is -2.40. The highest BCUT2D eigenvalue weighted by Gasteiger charge is 2.32. The fourth-order valence-corrected chi connectivity index (χ4v) is 2.97. The summed E-state index contributed by atoms with van der Waals surface area (Å²) in [6, 6.07) is 10.2. The fourth-order valence-electron chi connectivity index (χ4n) is 2.97. The van der Waals surface area contributed by atoms with Crippen molar-refractivity contribution in [1.82, 2.24) is 9.88 Å². The van der Waals surface area contributed by atoms with Gasteiger partial charge in [-0.1, -0.05) is 29.8 Å². The van der Waals surface area contributed by atoms with Crippen LogP contribution in [0.2, 0.25) is 0 Å². The van der Waals surface area contributed by atoms with Crippen LogP contribution < -0.4 is 0 Å². The van der Waals surface area contributed by atoms with E-state index in [2.05, 4.69) is 30.1 Å². The number of pyridine rings is 1. The summed E-state index contributed by atoms with van der Waals surface area (Å²) < 4.78 is 4.95. The van der Waals surface area contributed by atoms with Crippen molar-refractivity contribution in [1.29, 1.82) is 0 Å². The van der Waals surface area contributed by atoms with Gasteiger partial charge in [0.1, 0.15) is 0 Å². The van der Waals surface area contributed by atoms with Crippen LogP contribution >= 0.6 is 0 Å². The number of hydrogen-bond donors (Lipinski definition) is 0. The third kappa shape index (κ3) is 2.49. The van der Waals surface area contributed by atoms with Gasteiger partial charge >= 0.3 is 6.09 Å². The number of fused-ring (bicyclic) bond motifs is 1. The first-order valence-electron chi connectivity index (χ1n) is 7.04. The Morgan fingerprint density at radius 3 is 2.95 bits per heavy atom. The molecule has 1 aliphatic heterocycles. The zero-order valence-electron chi connectivity index (χ0n) is 12.2. The summed E-state index contributed by atoms with van der Waals surface area (Å²) in [5, 5.41) is 0. The summed E-state index contributed by atoms with van der Waals surface area (Å²) in [5.74, 6) is 0. The minimum Gasteiger partial charge on any atom is -0.453 e. The van der Waals surface area contributed by atoms with E-state index in [9.17, 15) is 4.79 Å². The van der Waals surface area contributed by atoms with E-state index < -0.39 is 0 Å². The van der Waals surface area contributed by atoms with Gasteiger partial charge in [0.25, 0.3) is 0 Å². The molecular formula is C17H18N2O2. The molecule has 0 fully saturated rings. The highest BCUT2D eigenvalue weighted by molar-refractivity contribution is 5.70. The second-order valence-corrected chi connectivity index (χ2v) is 5.30. The number of aromatic nitrogens is 1. The van der Waals surface area contributed by atoms with Crippen LogP contribution in [0.5, 0.6) is 0 Å². The minimum absolute atomic E-state index is 0.129. The molecule has 2 heterocycles. The first kappa shape index (κ1) is 13.6. The van der Waals surface area contributed by atoms with Gasteiger partial charge in [-0.05, 0) is 36.1 Å². The standard InChI is InChI=1S/C17H18N2O2/c1-12-5-6-15-13(10-12)7-9-19(17(20)21-2)16(15)14-4-3-8-18-11-14/h3-6,8,10-11,16H,7,9H2,1-2H3. The number of aryl methyl sites for hydroxylation is 1. The summed E-state index contributed by atoms with van der Waals surface area (Å²) in [7, 11) is 1.42. The Morgan fingerprint density at radius 1 is 1.38 bits per heavy atom. The van der Waals surface area contributed by atoms with E-state index in [0.29, 0.717) is 6.54 Å². The van der Waals surface area contributed by atoms with E-state index in [1.54, 1.807) is 11.1 Å². The molecule has 1 amide bonds. The number of ether oxygens (including phenoxy) is 1. The van der Waals surface area contributed by atoms with Gasteiger partial charge in [-0.3, -0.25) is 9.88 Å². The van der Waals surface area contributed by atoms with Gasteiger partial charge in [0.05, 0.1) is 13.2 Å². The maximum absolute atomic E-state index is 12.1. The molecule has 4 heteroatoms. The highest BCUT2D eigenvalue weighted by Crippen LogP contribution is 2.35. The van der Waals surface area contributed by atoms with Gasteiger partial charge in [0, 0.05) is 18.9 Å². The van der Waals surface area contributed by atoms with Crippen molar-refractivity contribution in [2.75, 3.05) is 13.7 Å². The molecule has 0 aliphatic carbocycles. The Kier molecular flexibility index (Phi) is 3.60. The zero-order chi connectivity index (χ0) is 14.8. The first-order valence-corrected chi connectivity index (χ1v) is 7.04. The van der Waals surface area contributed by atoms with Gasteiger partial charge < -0.3 is 4.74 Å². The molecule has 1 aliphatic rings. The first-order chi connectivity index (χ1) is 10.2. The van der Waals surface area contributed by atoms with Gasteiger partial charge in [-0.2, -0.15) is 0 Å². The van der Waals surface area contributed by atoms with Crippen molar-refractivity contribution in [2.45, 2.75) is 19.4 Å². The number of rotatable bonds is 1. The summed E-state index contributed by atoms with van der Waals surface area (Å²) in [6.45, 7) is 2.74. The smallest absolute Gasteiger partial charge is 0.410 e. The number of hydrogen-bond acceptors (Lipinski definition) is 3. The maximum Gasteiger partial charge on any atom is 0.410 e.